The summed E-state index contributed by atoms with van der Waals surface area (Å²) in [6.45, 7) is 1.33. The smallest absolute Gasteiger partial charge is 0.274 e. The Morgan fingerprint density at radius 2 is 1.60 bits per heavy atom. The van der Waals surface area contributed by atoms with E-state index in [0.717, 1.165) is 6.92 Å². The third-order valence-corrected chi connectivity index (χ3v) is 2.49. The number of nitrogens with one attached hydrogen (secondary N) is 1. The van der Waals surface area contributed by atoms with Crippen LogP contribution in [-0.4, -0.2) is 30.2 Å². The summed E-state index contributed by atoms with van der Waals surface area (Å²) in [5.74, 6) is -2.58. The summed E-state index contributed by atoms with van der Waals surface area (Å²) in [4.78, 5) is 21.0. The highest BCUT2D eigenvalue weighted by atomic mass is 32.2. The zero-order valence-electron chi connectivity index (χ0n) is 7.62. The van der Waals surface area contributed by atoms with Crippen LogP contribution in [0.2, 0.25) is 0 Å². The van der Waals surface area contributed by atoms with E-state index >= 15 is 0 Å². The Hall–Kier alpha value is -1.32. The lowest BCUT2D eigenvalue weighted by Crippen LogP contribution is -2.52. The number of amides is 2. The van der Waals surface area contributed by atoms with Gasteiger partial charge in [-0.15, -0.1) is 4.41 Å². The van der Waals surface area contributed by atoms with Crippen LogP contribution < -0.4 is 5.43 Å². The van der Waals surface area contributed by atoms with Gasteiger partial charge in [-0.05, 0) is 0 Å². The van der Waals surface area contributed by atoms with E-state index in [-0.39, 0.29) is 0 Å². The predicted molar refractivity (Wildman–Crippen MR) is 41.3 cm³/mol. The van der Waals surface area contributed by atoms with Gasteiger partial charge in [-0.25, -0.2) is 0 Å². The third-order valence-electron chi connectivity index (χ3n) is 1.08. The summed E-state index contributed by atoms with van der Waals surface area (Å²) in [7, 11) is -5.88. The molecule has 0 aliphatic rings. The van der Waals surface area contributed by atoms with Crippen molar-refractivity contribution in [2.45, 2.75) is 19.4 Å². The van der Waals surface area contributed by atoms with Crippen LogP contribution in [-0.2, 0) is 19.6 Å². The van der Waals surface area contributed by atoms with Crippen molar-refractivity contribution in [1.82, 2.24) is 9.84 Å². The highest BCUT2D eigenvalue weighted by Crippen LogP contribution is 2.25. The number of carbonyl (C=O) groups is 2. The number of hydrogen-bond donors (Lipinski definition) is 1. The maximum absolute atomic E-state index is 12.0. The topological polar surface area (TPSA) is 83.6 Å². The van der Waals surface area contributed by atoms with Gasteiger partial charge in [-0.3, -0.25) is 15.0 Å². The van der Waals surface area contributed by atoms with Crippen LogP contribution in [0.15, 0.2) is 0 Å². The van der Waals surface area contributed by atoms with Gasteiger partial charge in [0.1, 0.15) is 0 Å². The first-order chi connectivity index (χ1) is 6.50. The van der Waals surface area contributed by atoms with Crippen molar-refractivity contribution in [3.8, 4) is 0 Å². The van der Waals surface area contributed by atoms with Crippen molar-refractivity contribution in [2.75, 3.05) is 0 Å². The Balaban J connectivity index is 5.29. The van der Waals surface area contributed by atoms with E-state index in [0.29, 0.717) is 6.92 Å². The van der Waals surface area contributed by atoms with E-state index in [1.54, 1.807) is 0 Å². The van der Waals surface area contributed by atoms with Gasteiger partial charge >= 0.3 is 15.5 Å². The lowest BCUT2D eigenvalue weighted by molar-refractivity contribution is -0.134. The summed E-state index contributed by atoms with van der Waals surface area (Å²) in [6.07, 6.45) is 0. The second kappa shape index (κ2) is 4.04. The molecule has 0 spiro atoms. The molecule has 0 aliphatic heterocycles. The zero-order chi connectivity index (χ0) is 12.4. The Kier molecular flexibility index (Phi) is 3.69. The van der Waals surface area contributed by atoms with Crippen LogP contribution in [0, 0.1) is 0 Å². The lowest BCUT2D eigenvalue weighted by Gasteiger charge is -2.21. The van der Waals surface area contributed by atoms with Crippen molar-refractivity contribution >= 4 is 21.8 Å². The minimum atomic E-state index is -5.88. The molecule has 0 saturated carbocycles. The van der Waals surface area contributed by atoms with Gasteiger partial charge in [0.05, 0.1) is 0 Å². The van der Waals surface area contributed by atoms with Crippen molar-refractivity contribution in [1.29, 1.82) is 0 Å². The van der Waals surface area contributed by atoms with E-state index in [4.69, 9.17) is 0 Å². The molecule has 0 saturated heterocycles. The van der Waals surface area contributed by atoms with Crippen LogP contribution in [0.25, 0.3) is 0 Å². The van der Waals surface area contributed by atoms with Gasteiger partial charge < -0.3 is 0 Å². The fraction of sp³-hybridized carbons (Fsp3) is 0.600. The molecule has 0 atom stereocenters. The molecule has 15 heavy (non-hydrogen) atoms. The molecule has 0 fully saturated rings. The molecule has 10 heteroatoms. The van der Waals surface area contributed by atoms with E-state index in [1.165, 1.54) is 5.43 Å². The summed E-state index contributed by atoms with van der Waals surface area (Å²) >= 11 is 0. The monoisotopic (exact) mass is 248 g/mol. The van der Waals surface area contributed by atoms with Gasteiger partial charge in [-0.1, -0.05) is 0 Å². The van der Waals surface area contributed by atoms with Crippen molar-refractivity contribution in [3.63, 3.8) is 0 Å². The van der Waals surface area contributed by atoms with E-state index in [2.05, 4.69) is 0 Å². The number of hydrazine groups is 1. The molecule has 88 valence electrons. The number of alkyl halides is 3. The second-order valence-corrected chi connectivity index (χ2v) is 4.18. The Labute approximate surface area is 83.1 Å². The molecular formula is C5H7F3N2O4S. The maximum Gasteiger partial charge on any atom is 0.518 e. The molecule has 0 bridgehead atoms. The van der Waals surface area contributed by atoms with Crippen molar-refractivity contribution in [2.24, 2.45) is 0 Å². The molecule has 0 rings (SSSR count). The van der Waals surface area contributed by atoms with Gasteiger partial charge in [0.2, 0.25) is 5.91 Å². The standard InChI is InChI=1S/C5H7F3N2O4S/c1-3(11)9-10(4(2)12)15(13,14)5(6,7)8/h1-2H3,(H,9,11). The molecule has 1 N–H and O–H groups in total. The van der Waals surface area contributed by atoms with Gasteiger partial charge in [0, 0.05) is 13.8 Å². The average molecular weight is 248 g/mol. The summed E-state index contributed by atoms with van der Waals surface area (Å²) in [5.41, 5.74) is -4.39. The number of rotatable bonds is 1. The number of sulfonamides is 1. The Bertz CT molecular complexity index is 374. The van der Waals surface area contributed by atoms with Crippen LogP contribution >= 0.6 is 0 Å². The molecule has 6 nitrogen and oxygen atoms in total. The molecule has 2 amide bonds. The zero-order valence-corrected chi connectivity index (χ0v) is 8.44. The number of nitrogens with zero attached hydrogens (tertiary/aromatic N) is 1. The maximum atomic E-state index is 12.0. The fourth-order valence-electron chi connectivity index (χ4n) is 0.555. The predicted octanol–water partition coefficient (Wildman–Crippen LogP) is -0.264. The van der Waals surface area contributed by atoms with E-state index < -0.39 is 31.8 Å². The normalized spacial score (nSPS) is 12.1. The van der Waals surface area contributed by atoms with Gasteiger partial charge in [0.25, 0.3) is 5.91 Å². The largest absolute Gasteiger partial charge is 0.518 e. The minimum Gasteiger partial charge on any atom is -0.274 e. The Morgan fingerprint density at radius 3 is 1.80 bits per heavy atom. The van der Waals surface area contributed by atoms with Crippen molar-refractivity contribution in [3.05, 3.63) is 0 Å². The average Bonchev–Trinajstić information content (AvgIpc) is 1.96. The van der Waals surface area contributed by atoms with Crippen LogP contribution in [0.1, 0.15) is 13.8 Å². The molecule has 0 aliphatic carbocycles. The number of halogens is 3. The SMILES string of the molecule is CC(=O)NN(C(C)=O)S(=O)(=O)C(F)(F)F. The molecule has 0 unspecified atom stereocenters. The quantitative estimate of drug-likeness (QED) is 0.648. The first kappa shape index (κ1) is 13.7. The van der Waals surface area contributed by atoms with Gasteiger partial charge in [0.15, 0.2) is 0 Å². The third kappa shape index (κ3) is 3.08. The first-order valence-corrected chi connectivity index (χ1v) is 4.83. The molecule has 0 radical (unpaired) electrons. The van der Waals surface area contributed by atoms with Crippen LogP contribution in [0.3, 0.4) is 0 Å². The fourth-order valence-corrected chi connectivity index (χ4v) is 1.35. The highest BCUT2D eigenvalue weighted by molar-refractivity contribution is 7.90. The molecular weight excluding hydrogens is 241 g/mol. The lowest BCUT2D eigenvalue weighted by atomic mass is 10.7. The molecule has 0 aromatic carbocycles. The summed E-state index contributed by atoms with van der Waals surface area (Å²) < 4.78 is 56.5. The summed E-state index contributed by atoms with van der Waals surface area (Å²) in [5, 5.41) is 0. The number of carbonyl (C=O) groups excluding carboxylic acids is 2. The van der Waals surface area contributed by atoms with Gasteiger partial charge in [-0.2, -0.15) is 21.6 Å². The molecule has 0 aromatic rings. The number of hydrogen-bond acceptors (Lipinski definition) is 4. The minimum absolute atomic E-state index is 0.569. The van der Waals surface area contributed by atoms with Crippen LogP contribution in [0.4, 0.5) is 13.2 Å². The second-order valence-electron chi connectivity index (χ2n) is 2.40. The van der Waals surface area contributed by atoms with Crippen LogP contribution in [0.5, 0.6) is 0 Å². The highest BCUT2D eigenvalue weighted by Gasteiger charge is 2.52. The molecule has 0 aromatic heterocycles. The summed E-state index contributed by atoms with van der Waals surface area (Å²) in [6, 6.07) is 0. The van der Waals surface area contributed by atoms with Crippen molar-refractivity contribution < 1.29 is 31.2 Å². The molecule has 0 heterocycles. The Morgan fingerprint density at radius 1 is 1.20 bits per heavy atom. The van der Waals surface area contributed by atoms with E-state index in [1.807, 2.05) is 0 Å². The first-order valence-electron chi connectivity index (χ1n) is 3.39. The van der Waals surface area contributed by atoms with E-state index in [9.17, 15) is 31.2 Å².